The molecule has 2 amide bonds. The molecule has 5 N–H and O–H groups in total. The van der Waals surface area contributed by atoms with Gasteiger partial charge < -0.3 is 10.2 Å². The van der Waals surface area contributed by atoms with E-state index in [4.69, 9.17) is 28.7 Å². The lowest BCUT2D eigenvalue weighted by atomic mass is 10.3. The molecule has 0 saturated carbocycles. The molecule has 19 heavy (non-hydrogen) atoms. The summed E-state index contributed by atoms with van der Waals surface area (Å²) in [6, 6.07) is 0.465. The molecule has 0 fully saturated rings. The van der Waals surface area contributed by atoms with Crippen LogP contribution < -0.4 is 5.32 Å². The predicted molar refractivity (Wildman–Crippen MR) is 70.7 cm³/mol. The summed E-state index contributed by atoms with van der Waals surface area (Å²) in [4.78, 5) is 41.4. The van der Waals surface area contributed by atoms with Crippen molar-refractivity contribution in [3.8, 4) is 0 Å². The fraction of sp³-hybridized carbons (Fsp3) is 0.875. The summed E-state index contributed by atoms with van der Waals surface area (Å²) in [5.74, 6) is 0. The van der Waals surface area contributed by atoms with Gasteiger partial charge in [-0.3, -0.25) is 0 Å². The van der Waals surface area contributed by atoms with Gasteiger partial charge in [0.25, 0.3) is 0 Å². The van der Waals surface area contributed by atoms with E-state index < -0.39 is 16.5 Å². The van der Waals surface area contributed by atoms with Gasteiger partial charge in [0.15, 0.2) is 0 Å². The van der Waals surface area contributed by atoms with Gasteiger partial charge >= 0.3 is 22.5 Å². The van der Waals surface area contributed by atoms with Gasteiger partial charge in [0, 0.05) is 28.3 Å². The number of hydrogen-bond donors (Lipinski definition) is 5. The van der Waals surface area contributed by atoms with Gasteiger partial charge in [-0.2, -0.15) is 0 Å². The van der Waals surface area contributed by atoms with Crippen LogP contribution in [0.4, 0.5) is 4.79 Å². The molecule has 114 valence electrons. The van der Waals surface area contributed by atoms with E-state index in [1.807, 2.05) is 27.7 Å². The van der Waals surface area contributed by atoms with Gasteiger partial charge in [0.1, 0.15) is 0 Å². The van der Waals surface area contributed by atoms with Crippen LogP contribution in [-0.2, 0) is 9.13 Å². The van der Waals surface area contributed by atoms with Crippen LogP contribution in [-0.4, -0.2) is 49.6 Å². The molecule has 0 bridgehead atoms. The van der Waals surface area contributed by atoms with Gasteiger partial charge in [0.05, 0.1) is 0 Å². The SMILES string of the molecule is CC(C)NC(=O)N(C)C(C)C.O=[P+](O)O.O=[P+](O)O. The van der Waals surface area contributed by atoms with Crippen LogP contribution in [0.15, 0.2) is 0 Å². The molecule has 0 radical (unpaired) electrons. The summed E-state index contributed by atoms with van der Waals surface area (Å²) in [7, 11) is -3.95. The Balaban J connectivity index is -0.000000264. The second-order valence-electron chi connectivity index (χ2n) is 3.81. The van der Waals surface area contributed by atoms with Crippen LogP contribution in [0.3, 0.4) is 0 Å². The van der Waals surface area contributed by atoms with Crippen molar-refractivity contribution in [1.82, 2.24) is 10.2 Å². The lowest BCUT2D eigenvalue weighted by Crippen LogP contribution is -2.43. The Labute approximate surface area is 114 Å². The first-order chi connectivity index (χ1) is 8.41. The maximum atomic E-state index is 11.2. The molecule has 9 nitrogen and oxygen atoms in total. The normalized spacial score (nSPS) is 8.79. The molecule has 0 saturated heterocycles. The fourth-order valence-electron chi connectivity index (χ4n) is 0.583. The third-order valence-electron chi connectivity index (χ3n) is 1.51. The van der Waals surface area contributed by atoms with Crippen molar-refractivity contribution in [3.05, 3.63) is 0 Å². The van der Waals surface area contributed by atoms with E-state index in [2.05, 4.69) is 5.32 Å². The Morgan fingerprint density at radius 1 is 1.00 bits per heavy atom. The number of amides is 2. The first-order valence-electron chi connectivity index (χ1n) is 5.15. The van der Waals surface area contributed by atoms with Crippen molar-refractivity contribution in [1.29, 1.82) is 0 Å². The van der Waals surface area contributed by atoms with Crippen molar-refractivity contribution in [3.63, 3.8) is 0 Å². The van der Waals surface area contributed by atoms with E-state index >= 15 is 0 Å². The summed E-state index contributed by atoms with van der Waals surface area (Å²) >= 11 is 0. The number of nitrogens with one attached hydrogen (secondary N) is 1. The van der Waals surface area contributed by atoms with E-state index in [-0.39, 0.29) is 18.1 Å². The van der Waals surface area contributed by atoms with Crippen LogP contribution in [0.2, 0.25) is 0 Å². The lowest BCUT2D eigenvalue weighted by molar-refractivity contribution is 0.195. The van der Waals surface area contributed by atoms with Crippen molar-refractivity contribution in [2.45, 2.75) is 39.8 Å². The van der Waals surface area contributed by atoms with E-state index in [0.29, 0.717) is 0 Å². The molecule has 0 aromatic heterocycles. The molecule has 0 atom stereocenters. The quantitative estimate of drug-likeness (QED) is 0.470. The van der Waals surface area contributed by atoms with E-state index in [9.17, 15) is 4.79 Å². The number of carbonyl (C=O) groups is 1. The van der Waals surface area contributed by atoms with Gasteiger partial charge in [-0.1, -0.05) is 0 Å². The average Bonchev–Trinajstić information content (AvgIpc) is 2.13. The Hall–Kier alpha value is -0.690. The zero-order valence-corrected chi connectivity index (χ0v) is 13.3. The molecule has 0 spiro atoms. The molecule has 0 aromatic carbocycles. The number of hydrogen-bond acceptors (Lipinski definition) is 3. The van der Waals surface area contributed by atoms with Crippen LogP contribution >= 0.6 is 16.5 Å². The van der Waals surface area contributed by atoms with Crippen LogP contribution in [0.5, 0.6) is 0 Å². The summed E-state index contributed by atoms with van der Waals surface area (Å²) in [6.45, 7) is 7.87. The summed E-state index contributed by atoms with van der Waals surface area (Å²) in [5, 5.41) is 2.81. The Morgan fingerprint density at radius 3 is 1.42 bits per heavy atom. The van der Waals surface area contributed by atoms with E-state index in [1.54, 1.807) is 11.9 Å². The van der Waals surface area contributed by atoms with Crippen LogP contribution in [0.25, 0.3) is 0 Å². The largest absolute Gasteiger partial charge is 0.692 e. The standard InChI is InChI=1S/C8H18N2O.2HO3P/c1-6(2)9-8(11)10(5)7(3)4;2*1-4(2)3/h6-7H,1-5H3,(H,9,11);2*(H-,1,2,3)/p+2. The van der Waals surface area contributed by atoms with Crippen LogP contribution in [0.1, 0.15) is 27.7 Å². The van der Waals surface area contributed by atoms with E-state index in [0.717, 1.165) is 0 Å². The minimum absolute atomic E-state index is 0.00463. The Bertz CT molecular complexity index is 266. The van der Waals surface area contributed by atoms with Crippen LogP contribution in [0, 0.1) is 0 Å². The lowest BCUT2D eigenvalue weighted by Gasteiger charge is -2.23. The summed E-state index contributed by atoms with van der Waals surface area (Å²) in [6.07, 6.45) is 0. The highest BCUT2D eigenvalue weighted by atomic mass is 31.1. The summed E-state index contributed by atoms with van der Waals surface area (Å²) in [5.41, 5.74) is 0. The third kappa shape index (κ3) is 31.7. The highest BCUT2D eigenvalue weighted by Crippen LogP contribution is 1.99. The topological polar surface area (TPSA) is 147 Å². The Kier molecular flexibility index (Phi) is 16.9. The highest BCUT2D eigenvalue weighted by Gasteiger charge is 2.11. The van der Waals surface area contributed by atoms with Gasteiger partial charge in [-0.25, -0.2) is 4.79 Å². The first kappa shape index (κ1) is 23.4. The number of carbonyl (C=O) groups excluding carboxylic acids is 1. The van der Waals surface area contributed by atoms with Gasteiger partial charge in [-0.15, -0.1) is 19.6 Å². The summed E-state index contributed by atoms with van der Waals surface area (Å²) < 4.78 is 17.4. The number of urea groups is 1. The average molecular weight is 320 g/mol. The molecule has 0 aromatic rings. The predicted octanol–water partition coefficient (Wildman–Crippen LogP) is 0.701. The molecular weight excluding hydrogens is 298 g/mol. The van der Waals surface area contributed by atoms with Gasteiger partial charge in [0.2, 0.25) is 0 Å². The first-order valence-corrected chi connectivity index (χ1v) is 7.48. The number of rotatable bonds is 2. The van der Waals surface area contributed by atoms with Crippen molar-refractivity contribution in [2.24, 2.45) is 0 Å². The fourth-order valence-corrected chi connectivity index (χ4v) is 0.583. The number of nitrogens with zero attached hydrogens (tertiary/aromatic N) is 1. The molecule has 0 unspecified atom stereocenters. The van der Waals surface area contributed by atoms with Crippen molar-refractivity contribution in [2.75, 3.05) is 7.05 Å². The van der Waals surface area contributed by atoms with E-state index in [1.165, 1.54) is 0 Å². The zero-order valence-electron chi connectivity index (χ0n) is 11.5. The smallest absolute Gasteiger partial charge is 0.336 e. The minimum atomic E-state index is -2.87. The second-order valence-corrected chi connectivity index (χ2v) is 4.83. The van der Waals surface area contributed by atoms with Crippen molar-refractivity contribution < 1.29 is 33.5 Å². The molecule has 0 aliphatic rings. The molecule has 11 heteroatoms. The zero-order chi connectivity index (χ0) is 16.2. The molecular formula is C8H22N2O7P2+2. The molecule has 0 heterocycles. The maximum Gasteiger partial charge on any atom is 0.692 e. The Morgan fingerprint density at radius 2 is 1.26 bits per heavy atom. The van der Waals surface area contributed by atoms with Gasteiger partial charge in [-0.05, 0) is 27.7 Å². The third-order valence-corrected chi connectivity index (χ3v) is 1.51. The monoisotopic (exact) mass is 320 g/mol. The van der Waals surface area contributed by atoms with Crippen molar-refractivity contribution >= 4 is 22.5 Å². The maximum absolute atomic E-state index is 11.2. The molecule has 0 aliphatic heterocycles. The second kappa shape index (κ2) is 13.7. The molecule has 0 rings (SSSR count). The minimum Gasteiger partial charge on any atom is -0.336 e. The molecule has 0 aliphatic carbocycles. The highest BCUT2D eigenvalue weighted by molar-refractivity contribution is 7.31.